The van der Waals surface area contributed by atoms with Crippen molar-refractivity contribution in [1.29, 1.82) is 0 Å². The molecule has 1 aromatic rings. The van der Waals surface area contributed by atoms with Crippen molar-refractivity contribution in [3.63, 3.8) is 0 Å². The van der Waals surface area contributed by atoms with E-state index in [0.29, 0.717) is 11.3 Å². The molecule has 0 spiro atoms. The van der Waals surface area contributed by atoms with Gasteiger partial charge < -0.3 is 9.47 Å². The Balaban J connectivity index is 2.46. The minimum absolute atomic E-state index is 0.316. The quantitative estimate of drug-likeness (QED) is 0.662. The normalized spacial score (nSPS) is 17.7. The number of carbonyl (C=O) groups is 1. The number of rotatable bonds is 1. The highest BCUT2D eigenvalue weighted by atomic mass is 16.7. The van der Waals surface area contributed by atoms with Crippen molar-refractivity contribution >= 4 is 5.97 Å². The van der Waals surface area contributed by atoms with Gasteiger partial charge in [-0.25, -0.2) is 4.79 Å². The summed E-state index contributed by atoms with van der Waals surface area (Å²) in [6.45, 7) is 5.52. The van der Waals surface area contributed by atoms with E-state index in [9.17, 15) is 4.79 Å². The summed E-state index contributed by atoms with van der Waals surface area (Å²) in [5.74, 6) is -0.560. The number of hydrogen-bond acceptors (Lipinski definition) is 3. The van der Waals surface area contributed by atoms with E-state index in [1.165, 1.54) is 0 Å². The van der Waals surface area contributed by atoms with Crippen LogP contribution < -0.4 is 4.74 Å². The number of hydrogen-bond donors (Lipinski definition) is 0. The summed E-state index contributed by atoms with van der Waals surface area (Å²) in [6.07, 6.45) is 0.923. The van der Waals surface area contributed by atoms with Crippen molar-refractivity contribution in [2.45, 2.75) is 33.0 Å². The monoisotopic (exact) mass is 206 g/mol. The van der Waals surface area contributed by atoms with Gasteiger partial charge in [0.2, 0.25) is 5.79 Å². The minimum Gasteiger partial charge on any atom is -0.452 e. The minimum atomic E-state index is -0.865. The Kier molecular flexibility index (Phi) is 2.18. The van der Waals surface area contributed by atoms with Crippen molar-refractivity contribution in [2.24, 2.45) is 0 Å². The molecule has 0 atom stereocenters. The van der Waals surface area contributed by atoms with Crippen molar-refractivity contribution in [2.75, 3.05) is 0 Å². The van der Waals surface area contributed by atoms with Gasteiger partial charge in [-0.2, -0.15) is 0 Å². The highest BCUT2D eigenvalue weighted by Crippen LogP contribution is 2.31. The summed E-state index contributed by atoms with van der Waals surface area (Å²) in [4.78, 5) is 11.6. The summed E-state index contributed by atoms with van der Waals surface area (Å²) in [7, 11) is 0. The summed E-state index contributed by atoms with van der Waals surface area (Å²) in [5.41, 5.74) is 1.66. The molecular formula is C12H14O3. The number of cyclic esters (lactones) is 1. The van der Waals surface area contributed by atoms with E-state index in [-0.39, 0.29) is 5.97 Å². The van der Waals surface area contributed by atoms with Crippen molar-refractivity contribution in [3.05, 3.63) is 29.3 Å². The van der Waals surface area contributed by atoms with E-state index in [2.05, 4.69) is 6.92 Å². The van der Waals surface area contributed by atoms with Crippen molar-refractivity contribution < 1.29 is 14.3 Å². The van der Waals surface area contributed by atoms with Gasteiger partial charge in [-0.1, -0.05) is 13.0 Å². The Morgan fingerprint density at radius 3 is 2.67 bits per heavy atom. The molecule has 0 amide bonds. The maximum absolute atomic E-state index is 11.6. The third kappa shape index (κ3) is 1.82. The molecule has 0 radical (unpaired) electrons. The summed E-state index contributed by atoms with van der Waals surface area (Å²) >= 11 is 0. The van der Waals surface area contributed by atoms with Crippen LogP contribution in [0.4, 0.5) is 0 Å². The third-order valence-corrected chi connectivity index (χ3v) is 2.37. The molecule has 1 heterocycles. The van der Waals surface area contributed by atoms with E-state index in [1.807, 2.05) is 12.1 Å². The number of aryl methyl sites for hydroxylation is 1. The van der Waals surface area contributed by atoms with Crippen molar-refractivity contribution in [3.8, 4) is 5.75 Å². The fourth-order valence-corrected chi connectivity index (χ4v) is 1.60. The number of carbonyl (C=O) groups excluding carboxylic acids is 1. The zero-order valence-electron chi connectivity index (χ0n) is 9.16. The molecule has 0 saturated heterocycles. The van der Waals surface area contributed by atoms with Gasteiger partial charge in [0, 0.05) is 13.8 Å². The Morgan fingerprint density at radius 2 is 2.00 bits per heavy atom. The molecule has 3 heteroatoms. The van der Waals surface area contributed by atoms with Gasteiger partial charge >= 0.3 is 5.97 Å². The SMILES string of the molecule is CCc1ccc2c(c1)OC(C)(C)OC2=O. The number of esters is 1. The Bertz CT molecular complexity index is 407. The molecule has 0 aromatic heterocycles. The molecule has 15 heavy (non-hydrogen) atoms. The van der Waals surface area contributed by atoms with Crippen LogP contribution in [0.25, 0.3) is 0 Å². The fourth-order valence-electron chi connectivity index (χ4n) is 1.60. The first-order chi connectivity index (χ1) is 7.02. The molecule has 0 unspecified atom stereocenters. The lowest BCUT2D eigenvalue weighted by Crippen LogP contribution is -2.38. The second kappa shape index (κ2) is 3.26. The lowest BCUT2D eigenvalue weighted by atomic mass is 10.1. The largest absolute Gasteiger partial charge is 0.452 e. The zero-order valence-corrected chi connectivity index (χ0v) is 9.16. The lowest BCUT2D eigenvalue weighted by Gasteiger charge is -2.31. The molecule has 2 rings (SSSR count). The van der Waals surface area contributed by atoms with E-state index in [0.717, 1.165) is 12.0 Å². The van der Waals surface area contributed by atoms with E-state index >= 15 is 0 Å². The summed E-state index contributed by atoms with van der Waals surface area (Å²) in [6, 6.07) is 5.57. The predicted octanol–water partition coefficient (Wildman–Crippen LogP) is 2.53. The van der Waals surface area contributed by atoms with Gasteiger partial charge in [0.25, 0.3) is 0 Å². The molecule has 0 saturated carbocycles. The fraction of sp³-hybridized carbons (Fsp3) is 0.417. The van der Waals surface area contributed by atoms with Gasteiger partial charge in [-0.15, -0.1) is 0 Å². The molecule has 0 N–H and O–H groups in total. The van der Waals surface area contributed by atoms with Crippen LogP contribution in [-0.2, 0) is 11.2 Å². The lowest BCUT2D eigenvalue weighted by molar-refractivity contribution is -0.127. The zero-order chi connectivity index (χ0) is 11.1. The molecule has 80 valence electrons. The van der Waals surface area contributed by atoms with Crippen LogP contribution >= 0.6 is 0 Å². The van der Waals surface area contributed by atoms with E-state index < -0.39 is 5.79 Å². The molecule has 0 bridgehead atoms. The molecule has 0 aliphatic carbocycles. The van der Waals surface area contributed by atoms with Crippen molar-refractivity contribution in [1.82, 2.24) is 0 Å². The van der Waals surface area contributed by atoms with E-state index in [4.69, 9.17) is 9.47 Å². The van der Waals surface area contributed by atoms with Crippen LogP contribution in [-0.4, -0.2) is 11.8 Å². The number of benzene rings is 1. The average Bonchev–Trinajstić information content (AvgIpc) is 2.14. The van der Waals surface area contributed by atoms with Gasteiger partial charge in [-0.05, 0) is 24.1 Å². The molecule has 1 aromatic carbocycles. The molecule has 0 fully saturated rings. The second-order valence-corrected chi connectivity index (χ2v) is 4.08. The number of fused-ring (bicyclic) bond motifs is 1. The molecule has 3 nitrogen and oxygen atoms in total. The standard InChI is InChI=1S/C12H14O3/c1-4-8-5-6-9-10(7-8)14-12(2,3)15-11(9)13/h5-7H,4H2,1-3H3. The first-order valence-electron chi connectivity index (χ1n) is 5.07. The van der Waals surface area contributed by atoms with Crippen LogP contribution in [0.2, 0.25) is 0 Å². The van der Waals surface area contributed by atoms with Gasteiger partial charge in [0.15, 0.2) is 0 Å². The Labute approximate surface area is 89.0 Å². The maximum atomic E-state index is 11.6. The van der Waals surface area contributed by atoms with Crippen LogP contribution in [0.1, 0.15) is 36.7 Å². The maximum Gasteiger partial charge on any atom is 0.345 e. The Morgan fingerprint density at radius 1 is 1.27 bits per heavy atom. The van der Waals surface area contributed by atoms with Crippen LogP contribution in [0.3, 0.4) is 0 Å². The molecule has 1 aliphatic rings. The molecule has 1 aliphatic heterocycles. The highest BCUT2D eigenvalue weighted by Gasteiger charge is 2.33. The smallest absolute Gasteiger partial charge is 0.345 e. The summed E-state index contributed by atoms with van der Waals surface area (Å²) in [5, 5.41) is 0. The predicted molar refractivity (Wildman–Crippen MR) is 55.9 cm³/mol. The van der Waals surface area contributed by atoms with Crippen LogP contribution in [0.15, 0.2) is 18.2 Å². The molecular weight excluding hydrogens is 192 g/mol. The average molecular weight is 206 g/mol. The van der Waals surface area contributed by atoms with Crippen LogP contribution in [0.5, 0.6) is 5.75 Å². The third-order valence-electron chi connectivity index (χ3n) is 2.37. The number of ether oxygens (including phenoxy) is 2. The second-order valence-electron chi connectivity index (χ2n) is 4.08. The van der Waals surface area contributed by atoms with E-state index in [1.54, 1.807) is 19.9 Å². The van der Waals surface area contributed by atoms with Gasteiger partial charge in [-0.3, -0.25) is 0 Å². The topological polar surface area (TPSA) is 35.5 Å². The Hall–Kier alpha value is -1.51. The van der Waals surface area contributed by atoms with Gasteiger partial charge in [0.05, 0.1) is 0 Å². The first-order valence-corrected chi connectivity index (χ1v) is 5.07. The van der Waals surface area contributed by atoms with Gasteiger partial charge in [0.1, 0.15) is 11.3 Å². The first kappa shape index (κ1) is 10.0. The highest BCUT2D eigenvalue weighted by molar-refractivity contribution is 5.93. The summed E-state index contributed by atoms with van der Waals surface area (Å²) < 4.78 is 10.7. The van der Waals surface area contributed by atoms with Crippen LogP contribution in [0, 0.1) is 0 Å².